The van der Waals surface area contributed by atoms with Crippen molar-refractivity contribution >= 4 is 39.5 Å². The number of hydrogen-bond donors (Lipinski definition) is 3. The molecule has 19 heteroatoms. The zero-order valence-corrected chi connectivity index (χ0v) is 63.8. The van der Waals surface area contributed by atoms with Gasteiger partial charge in [-0.25, -0.2) is 9.13 Å². The second kappa shape index (κ2) is 67.9. The molecule has 0 saturated heterocycles. The van der Waals surface area contributed by atoms with E-state index < -0.39 is 97.5 Å². The molecule has 564 valence electrons. The van der Waals surface area contributed by atoms with Crippen LogP contribution >= 0.6 is 15.6 Å². The number of rotatable bonds is 75. The van der Waals surface area contributed by atoms with Crippen LogP contribution in [0.15, 0.2) is 0 Å². The number of carbonyl (C=O) groups is 4. The number of aliphatic hydroxyl groups is 1. The molecule has 0 aliphatic rings. The van der Waals surface area contributed by atoms with Crippen molar-refractivity contribution in [2.24, 2.45) is 11.8 Å². The van der Waals surface area contributed by atoms with Crippen LogP contribution in [0.2, 0.25) is 0 Å². The average Bonchev–Trinajstić information content (AvgIpc) is 1.41. The van der Waals surface area contributed by atoms with E-state index in [-0.39, 0.29) is 25.7 Å². The summed E-state index contributed by atoms with van der Waals surface area (Å²) >= 11 is 0. The van der Waals surface area contributed by atoms with Crippen LogP contribution in [0.1, 0.15) is 395 Å². The Morgan fingerprint density at radius 2 is 0.537 bits per heavy atom. The third-order valence-corrected chi connectivity index (χ3v) is 20.0. The fourth-order valence-electron chi connectivity index (χ4n) is 11.6. The van der Waals surface area contributed by atoms with Gasteiger partial charge in [-0.15, -0.1) is 0 Å². The smallest absolute Gasteiger partial charge is 0.462 e. The fraction of sp³-hybridized carbons (Fsp3) is 0.947. The lowest BCUT2D eigenvalue weighted by atomic mass is 10.00. The van der Waals surface area contributed by atoms with Crippen molar-refractivity contribution < 1.29 is 80.2 Å². The van der Waals surface area contributed by atoms with E-state index in [2.05, 4.69) is 41.5 Å². The first-order valence-corrected chi connectivity index (χ1v) is 42.5. The summed E-state index contributed by atoms with van der Waals surface area (Å²) in [6.07, 6.45) is 55.7. The van der Waals surface area contributed by atoms with Crippen molar-refractivity contribution in [2.75, 3.05) is 39.6 Å². The lowest BCUT2D eigenvalue weighted by Crippen LogP contribution is -2.30. The Kier molecular flexibility index (Phi) is 66.5. The fourth-order valence-corrected chi connectivity index (χ4v) is 13.2. The molecule has 0 saturated carbocycles. The third kappa shape index (κ3) is 69.0. The van der Waals surface area contributed by atoms with Gasteiger partial charge in [0.2, 0.25) is 0 Å². The summed E-state index contributed by atoms with van der Waals surface area (Å²) in [5, 5.41) is 10.6. The SMILES string of the molecule is CCCCCCCCCCCCCCCCCCCCCC(=O)O[C@H](COC(=O)CCCCCCCCCCCCCCCCCC(C)C)COP(=O)(O)OC[C@@H](O)COP(=O)(O)OC[C@@H](COC(=O)CCCCCCCCCC)OC(=O)CCCCCCCCC(C)CC. The number of ether oxygens (including phenoxy) is 4. The Balaban J connectivity index is 5.19. The molecule has 0 bridgehead atoms. The zero-order valence-electron chi connectivity index (χ0n) is 62.0. The molecular weight excluding hydrogens is 1250 g/mol. The van der Waals surface area contributed by atoms with Crippen LogP contribution in [0, 0.1) is 11.8 Å². The maximum Gasteiger partial charge on any atom is 0.472 e. The highest BCUT2D eigenvalue weighted by molar-refractivity contribution is 7.47. The molecule has 0 fully saturated rings. The number of aliphatic hydroxyl groups excluding tert-OH is 1. The molecule has 0 spiro atoms. The minimum absolute atomic E-state index is 0.103. The van der Waals surface area contributed by atoms with E-state index in [1.54, 1.807) is 0 Å². The van der Waals surface area contributed by atoms with Gasteiger partial charge in [0, 0.05) is 25.7 Å². The molecule has 0 heterocycles. The predicted octanol–water partition coefficient (Wildman–Crippen LogP) is 22.3. The van der Waals surface area contributed by atoms with Gasteiger partial charge in [0.05, 0.1) is 26.4 Å². The first-order valence-electron chi connectivity index (χ1n) is 39.5. The molecule has 0 aromatic heterocycles. The molecule has 0 aliphatic heterocycles. The topological polar surface area (TPSA) is 237 Å². The molecule has 3 unspecified atom stereocenters. The number of esters is 4. The largest absolute Gasteiger partial charge is 0.472 e. The minimum atomic E-state index is -4.96. The second-order valence-corrected chi connectivity index (χ2v) is 31.0. The monoisotopic (exact) mass is 1400 g/mol. The zero-order chi connectivity index (χ0) is 70.0. The van der Waals surface area contributed by atoms with Crippen LogP contribution in [0.25, 0.3) is 0 Å². The lowest BCUT2D eigenvalue weighted by molar-refractivity contribution is -0.161. The summed E-state index contributed by atoms with van der Waals surface area (Å²) in [6, 6.07) is 0. The Labute approximate surface area is 581 Å². The van der Waals surface area contributed by atoms with Gasteiger partial charge in [-0.3, -0.25) is 37.3 Å². The van der Waals surface area contributed by atoms with Crippen LogP contribution < -0.4 is 0 Å². The first kappa shape index (κ1) is 93.1. The summed E-state index contributed by atoms with van der Waals surface area (Å²) in [6.45, 7) is 9.54. The van der Waals surface area contributed by atoms with Crippen molar-refractivity contribution in [3.8, 4) is 0 Å². The molecule has 3 N–H and O–H groups in total. The minimum Gasteiger partial charge on any atom is -0.462 e. The van der Waals surface area contributed by atoms with E-state index in [9.17, 15) is 43.2 Å². The van der Waals surface area contributed by atoms with E-state index in [1.807, 2.05) is 0 Å². The number of phosphoric ester groups is 2. The summed E-state index contributed by atoms with van der Waals surface area (Å²) < 4.78 is 68.4. The van der Waals surface area contributed by atoms with E-state index in [0.717, 1.165) is 108 Å². The summed E-state index contributed by atoms with van der Waals surface area (Å²) in [5.74, 6) is -0.595. The van der Waals surface area contributed by atoms with Gasteiger partial charge in [-0.1, -0.05) is 343 Å². The molecule has 0 aromatic carbocycles. The highest BCUT2D eigenvalue weighted by Crippen LogP contribution is 2.45. The molecule has 17 nitrogen and oxygen atoms in total. The summed E-state index contributed by atoms with van der Waals surface area (Å²) in [7, 11) is -9.91. The summed E-state index contributed by atoms with van der Waals surface area (Å²) in [4.78, 5) is 72.7. The second-order valence-electron chi connectivity index (χ2n) is 28.1. The first-order chi connectivity index (χ1) is 45.9. The van der Waals surface area contributed by atoms with Crippen LogP contribution in [0.4, 0.5) is 0 Å². The Bertz CT molecular complexity index is 1840. The van der Waals surface area contributed by atoms with Crippen molar-refractivity contribution in [2.45, 2.75) is 413 Å². The standard InChI is InChI=1S/C76H148O17P2/c1-7-10-12-14-16-18-19-20-21-22-23-24-27-31-34-37-41-48-54-60-75(80)92-71(64-87-74(79)59-53-47-40-36-33-30-28-25-26-29-32-35-38-44-50-56-68(4)5)66-90-94(82,83)88-62-70(77)63-89-95(84,85)91-67-72(65-86-73(78)58-52-46-39-17-15-13-11-8-2)93-76(81)61-55-49-43-42-45-51-57-69(6)9-3/h68-72,77H,7-67H2,1-6H3,(H,82,83)(H,84,85)/t69?,70-,71-,72-/m1/s1. The Morgan fingerprint density at radius 3 is 0.800 bits per heavy atom. The van der Waals surface area contributed by atoms with Gasteiger partial charge in [0.25, 0.3) is 0 Å². The summed E-state index contributed by atoms with van der Waals surface area (Å²) in [5.41, 5.74) is 0. The molecule has 0 aromatic rings. The van der Waals surface area contributed by atoms with Crippen LogP contribution in [-0.2, 0) is 65.4 Å². The van der Waals surface area contributed by atoms with Gasteiger partial charge >= 0.3 is 39.5 Å². The van der Waals surface area contributed by atoms with Gasteiger partial charge in [-0.05, 0) is 37.5 Å². The normalized spacial score (nSPS) is 14.3. The average molecular weight is 1400 g/mol. The Morgan fingerprint density at radius 1 is 0.305 bits per heavy atom. The molecule has 0 radical (unpaired) electrons. The van der Waals surface area contributed by atoms with Gasteiger partial charge < -0.3 is 33.8 Å². The van der Waals surface area contributed by atoms with Gasteiger partial charge in [0.1, 0.15) is 19.3 Å². The lowest BCUT2D eigenvalue weighted by Gasteiger charge is -2.21. The van der Waals surface area contributed by atoms with E-state index >= 15 is 0 Å². The van der Waals surface area contributed by atoms with Crippen molar-refractivity contribution in [3.63, 3.8) is 0 Å². The number of unbranched alkanes of at least 4 members (excludes halogenated alkanes) is 44. The van der Waals surface area contributed by atoms with Crippen LogP contribution in [0.5, 0.6) is 0 Å². The molecule has 95 heavy (non-hydrogen) atoms. The highest BCUT2D eigenvalue weighted by Gasteiger charge is 2.30. The van der Waals surface area contributed by atoms with Gasteiger partial charge in [0.15, 0.2) is 12.2 Å². The molecule has 0 rings (SSSR count). The quantitative estimate of drug-likeness (QED) is 0.0222. The van der Waals surface area contributed by atoms with E-state index in [4.69, 9.17) is 37.0 Å². The van der Waals surface area contributed by atoms with Crippen LogP contribution in [0.3, 0.4) is 0 Å². The van der Waals surface area contributed by atoms with E-state index in [0.29, 0.717) is 25.7 Å². The molecule has 6 atom stereocenters. The number of phosphoric acid groups is 2. The predicted molar refractivity (Wildman–Crippen MR) is 386 cm³/mol. The maximum absolute atomic E-state index is 13.1. The van der Waals surface area contributed by atoms with Crippen LogP contribution in [-0.4, -0.2) is 96.7 Å². The Hall–Kier alpha value is -1.94. The van der Waals surface area contributed by atoms with Gasteiger partial charge in [-0.2, -0.15) is 0 Å². The molecule has 0 aliphatic carbocycles. The van der Waals surface area contributed by atoms with Crippen molar-refractivity contribution in [3.05, 3.63) is 0 Å². The molecule has 0 amide bonds. The van der Waals surface area contributed by atoms with E-state index in [1.165, 1.54) is 205 Å². The highest BCUT2D eigenvalue weighted by atomic mass is 31.2. The van der Waals surface area contributed by atoms with Crippen molar-refractivity contribution in [1.82, 2.24) is 0 Å². The number of carbonyl (C=O) groups excluding carboxylic acids is 4. The number of hydrogen-bond acceptors (Lipinski definition) is 15. The third-order valence-electron chi connectivity index (χ3n) is 18.1. The van der Waals surface area contributed by atoms with Crippen molar-refractivity contribution in [1.29, 1.82) is 0 Å². The molecular formula is C76H148O17P2. The maximum atomic E-state index is 13.1.